The SMILES string of the molecule is C[C@H](NC1(c2ccccc2)CCCC1)[C@H]1COc2ccccc2O1. The topological polar surface area (TPSA) is 30.5 Å². The Morgan fingerprint density at radius 2 is 1.62 bits per heavy atom. The van der Waals surface area contributed by atoms with Crippen molar-refractivity contribution >= 4 is 0 Å². The fourth-order valence-electron chi connectivity index (χ4n) is 4.06. The highest BCUT2D eigenvalue weighted by molar-refractivity contribution is 5.40. The van der Waals surface area contributed by atoms with Crippen molar-refractivity contribution < 1.29 is 9.47 Å². The van der Waals surface area contributed by atoms with E-state index in [1.54, 1.807) is 0 Å². The van der Waals surface area contributed by atoms with Crippen molar-refractivity contribution in [2.75, 3.05) is 6.61 Å². The second-order valence-electron chi connectivity index (χ2n) is 7.00. The van der Waals surface area contributed by atoms with Crippen LogP contribution >= 0.6 is 0 Å². The van der Waals surface area contributed by atoms with Gasteiger partial charge in [0.2, 0.25) is 0 Å². The quantitative estimate of drug-likeness (QED) is 0.911. The van der Waals surface area contributed by atoms with Gasteiger partial charge < -0.3 is 14.8 Å². The van der Waals surface area contributed by atoms with Crippen LogP contribution < -0.4 is 14.8 Å². The van der Waals surface area contributed by atoms with Crippen LogP contribution in [0.1, 0.15) is 38.2 Å². The first-order valence-electron chi connectivity index (χ1n) is 8.99. The maximum atomic E-state index is 6.20. The van der Waals surface area contributed by atoms with Gasteiger partial charge in [0.05, 0.1) is 0 Å². The second-order valence-corrected chi connectivity index (χ2v) is 7.00. The molecule has 3 heteroatoms. The third kappa shape index (κ3) is 2.89. The van der Waals surface area contributed by atoms with Gasteiger partial charge in [-0.1, -0.05) is 55.3 Å². The van der Waals surface area contributed by atoms with Crippen molar-refractivity contribution in [2.45, 2.75) is 50.3 Å². The van der Waals surface area contributed by atoms with Gasteiger partial charge in [-0.05, 0) is 37.5 Å². The van der Waals surface area contributed by atoms with Gasteiger partial charge in [0.25, 0.3) is 0 Å². The highest BCUT2D eigenvalue weighted by Gasteiger charge is 2.39. The van der Waals surface area contributed by atoms with E-state index >= 15 is 0 Å². The smallest absolute Gasteiger partial charge is 0.161 e. The number of fused-ring (bicyclic) bond motifs is 1. The summed E-state index contributed by atoms with van der Waals surface area (Å²) in [4.78, 5) is 0. The zero-order valence-electron chi connectivity index (χ0n) is 14.2. The van der Waals surface area contributed by atoms with Crippen LogP contribution in [0.5, 0.6) is 11.5 Å². The van der Waals surface area contributed by atoms with E-state index in [-0.39, 0.29) is 17.7 Å². The van der Waals surface area contributed by atoms with E-state index in [2.05, 4.69) is 42.6 Å². The maximum Gasteiger partial charge on any atom is 0.161 e. The van der Waals surface area contributed by atoms with Gasteiger partial charge in [-0.25, -0.2) is 0 Å². The molecule has 0 radical (unpaired) electrons. The highest BCUT2D eigenvalue weighted by atomic mass is 16.6. The van der Waals surface area contributed by atoms with Crippen molar-refractivity contribution in [3.05, 3.63) is 60.2 Å². The molecule has 1 aliphatic heterocycles. The Bertz CT molecular complexity index is 679. The van der Waals surface area contributed by atoms with Gasteiger partial charge in [-0.3, -0.25) is 0 Å². The number of hydrogen-bond donors (Lipinski definition) is 1. The summed E-state index contributed by atoms with van der Waals surface area (Å²) in [5.74, 6) is 1.70. The third-order valence-electron chi connectivity index (χ3n) is 5.38. The lowest BCUT2D eigenvalue weighted by atomic mass is 9.87. The summed E-state index contributed by atoms with van der Waals surface area (Å²) in [7, 11) is 0. The van der Waals surface area contributed by atoms with Gasteiger partial charge in [0.1, 0.15) is 12.7 Å². The summed E-state index contributed by atoms with van der Waals surface area (Å²) in [6, 6.07) is 19.0. The molecule has 126 valence electrons. The van der Waals surface area contributed by atoms with E-state index in [1.807, 2.05) is 24.3 Å². The van der Waals surface area contributed by atoms with Gasteiger partial charge >= 0.3 is 0 Å². The molecule has 0 spiro atoms. The predicted molar refractivity (Wildman–Crippen MR) is 95.5 cm³/mol. The zero-order valence-corrected chi connectivity index (χ0v) is 14.2. The van der Waals surface area contributed by atoms with Gasteiger partial charge in [-0.2, -0.15) is 0 Å². The molecule has 0 bridgehead atoms. The lowest BCUT2D eigenvalue weighted by Crippen LogP contribution is -2.53. The molecule has 1 N–H and O–H groups in total. The average molecular weight is 323 g/mol. The molecule has 1 fully saturated rings. The lowest BCUT2D eigenvalue weighted by molar-refractivity contribution is 0.0553. The first-order chi connectivity index (χ1) is 11.8. The molecular formula is C21H25NO2. The molecule has 1 heterocycles. The van der Waals surface area contributed by atoms with Crippen molar-refractivity contribution in [3.63, 3.8) is 0 Å². The molecule has 1 saturated carbocycles. The Morgan fingerprint density at radius 3 is 2.38 bits per heavy atom. The minimum atomic E-state index is 0.0288. The Morgan fingerprint density at radius 1 is 0.958 bits per heavy atom. The molecule has 0 saturated heterocycles. The lowest BCUT2D eigenvalue weighted by Gasteiger charge is -2.38. The Hall–Kier alpha value is -2.00. The largest absolute Gasteiger partial charge is 0.486 e. The molecule has 3 nitrogen and oxygen atoms in total. The minimum Gasteiger partial charge on any atom is -0.486 e. The van der Waals surface area contributed by atoms with Crippen molar-refractivity contribution in [1.29, 1.82) is 0 Å². The van der Waals surface area contributed by atoms with Crippen LogP contribution in [0.4, 0.5) is 0 Å². The summed E-state index contributed by atoms with van der Waals surface area (Å²) in [5.41, 5.74) is 1.47. The average Bonchev–Trinajstić information content (AvgIpc) is 3.12. The molecule has 2 aromatic carbocycles. The molecule has 24 heavy (non-hydrogen) atoms. The van der Waals surface area contributed by atoms with Crippen LogP contribution in [0.25, 0.3) is 0 Å². The zero-order chi connectivity index (χ0) is 16.4. The highest BCUT2D eigenvalue weighted by Crippen LogP contribution is 2.40. The summed E-state index contributed by atoms with van der Waals surface area (Å²) in [5, 5.41) is 3.90. The van der Waals surface area contributed by atoms with Gasteiger partial charge in [0, 0.05) is 11.6 Å². The number of benzene rings is 2. The van der Waals surface area contributed by atoms with E-state index in [0.29, 0.717) is 6.61 Å². The van der Waals surface area contributed by atoms with Crippen LogP contribution in [0.2, 0.25) is 0 Å². The summed E-state index contributed by atoms with van der Waals surface area (Å²) < 4.78 is 12.1. The van der Waals surface area contributed by atoms with E-state index in [0.717, 1.165) is 11.5 Å². The maximum absolute atomic E-state index is 6.20. The number of para-hydroxylation sites is 2. The summed E-state index contributed by atoms with van der Waals surface area (Å²) in [6.07, 6.45) is 4.96. The second kappa shape index (κ2) is 6.48. The van der Waals surface area contributed by atoms with E-state index < -0.39 is 0 Å². The molecule has 1 aliphatic carbocycles. The Labute approximate surface area is 144 Å². The van der Waals surface area contributed by atoms with Crippen LogP contribution in [0, 0.1) is 0 Å². The Kier molecular flexibility index (Phi) is 4.19. The van der Waals surface area contributed by atoms with Crippen molar-refractivity contribution in [3.8, 4) is 11.5 Å². The van der Waals surface area contributed by atoms with E-state index in [9.17, 15) is 0 Å². The fourth-order valence-corrected chi connectivity index (χ4v) is 4.06. The number of nitrogens with one attached hydrogen (secondary N) is 1. The number of rotatable bonds is 4. The van der Waals surface area contributed by atoms with Crippen molar-refractivity contribution in [2.24, 2.45) is 0 Å². The van der Waals surface area contributed by atoms with Crippen LogP contribution in [0.3, 0.4) is 0 Å². The summed E-state index contributed by atoms with van der Waals surface area (Å²) >= 11 is 0. The molecule has 0 unspecified atom stereocenters. The van der Waals surface area contributed by atoms with Crippen molar-refractivity contribution in [1.82, 2.24) is 5.32 Å². The molecule has 2 aromatic rings. The van der Waals surface area contributed by atoms with Crippen LogP contribution in [0.15, 0.2) is 54.6 Å². The first kappa shape index (κ1) is 15.5. The van der Waals surface area contributed by atoms with Crippen LogP contribution in [-0.4, -0.2) is 18.8 Å². The van der Waals surface area contributed by atoms with E-state index in [4.69, 9.17) is 9.47 Å². The van der Waals surface area contributed by atoms with Gasteiger partial charge in [-0.15, -0.1) is 0 Å². The third-order valence-corrected chi connectivity index (χ3v) is 5.38. The molecule has 4 rings (SSSR count). The minimum absolute atomic E-state index is 0.0288. The molecule has 2 atom stereocenters. The first-order valence-corrected chi connectivity index (χ1v) is 8.99. The summed E-state index contributed by atoms with van der Waals surface area (Å²) in [6.45, 7) is 2.81. The fraction of sp³-hybridized carbons (Fsp3) is 0.429. The standard InChI is InChI=1S/C21H25NO2/c1-16(20-15-23-18-11-5-6-12-19(18)24-20)22-21(13-7-8-14-21)17-9-3-2-4-10-17/h2-6,9-12,16,20,22H,7-8,13-15H2,1H3/t16-,20+/m0/s1. The number of ether oxygens (including phenoxy) is 2. The van der Waals surface area contributed by atoms with Crippen LogP contribution in [-0.2, 0) is 5.54 Å². The Balaban J connectivity index is 1.51. The predicted octanol–water partition coefficient (Wildman–Crippen LogP) is 4.27. The molecular weight excluding hydrogens is 298 g/mol. The normalized spacial score (nSPS) is 23.0. The number of hydrogen-bond acceptors (Lipinski definition) is 3. The molecule has 2 aliphatic rings. The van der Waals surface area contributed by atoms with Gasteiger partial charge in [0.15, 0.2) is 11.5 Å². The monoisotopic (exact) mass is 323 g/mol. The molecule has 0 amide bonds. The molecule has 0 aromatic heterocycles. The van der Waals surface area contributed by atoms with E-state index in [1.165, 1.54) is 31.2 Å².